The molecule has 0 fully saturated rings. The first kappa shape index (κ1) is 25.6. The van der Waals surface area contributed by atoms with Gasteiger partial charge in [0, 0.05) is 22.0 Å². The van der Waals surface area contributed by atoms with E-state index in [0.717, 1.165) is 11.1 Å². The number of hydrogen-bond donors (Lipinski definition) is 2. The fourth-order valence-corrected chi connectivity index (χ4v) is 4.34. The van der Waals surface area contributed by atoms with Crippen LogP contribution in [0.1, 0.15) is 37.9 Å². The fraction of sp³-hybridized carbons (Fsp3) is 0.320. The number of ether oxygens (including phenoxy) is 2. The van der Waals surface area contributed by atoms with Crippen LogP contribution in [0.2, 0.25) is 5.02 Å². The second-order valence-corrected chi connectivity index (χ2v) is 8.86. The van der Waals surface area contributed by atoms with Crippen LogP contribution in [0.4, 0.5) is 5.69 Å². The quantitative estimate of drug-likeness (QED) is 0.480. The van der Waals surface area contributed by atoms with E-state index in [4.69, 9.17) is 26.1 Å². The zero-order chi connectivity index (χ0) is 24.7. The minimum atomic E-state index is -0.621. The standard InChI is InChI=1S/C25H28ClN3O4S/c1-5-32-20-10-8-7-9-18(20)23-22(24(31)33-6-2)16(4)27-25(29-23)34-14-21(30)28-17-12-11-15(3)19(26)13-17/h7-13,23H,5-6,14H2,1-4H3,(H,27,29)(H,28,30)/t23-/m0/s1. The van der Waals surface area contributed by atoms with Gasteiger partial charge in [-0.2, -0.15) is 0 Å². The fourth-order valence-electron chi connectivity index (χ4n) is 3.41. The first-order chi connectivity index (χ1) is 16.3. The van der Waals surface area contributed by atoms with E-state index in [0.29, 0.717) is 39.5 Å². The molecule has 2 N–H and O–H groups in total. The molecule has 34 heavy (non-hydrogen) atoms. The Balaban J connectivity index is 1.81. The molecule has 0 saturated carbocycles. The number of esters is 1. The number of amidine groups is 1. The van der Waals surface area contributed by atoms with Gasteiger partial charge in [0.05, 0.1) is 24.5 Å². The molecule has 7 nitrogen and oxygen atoms in total. The predicted octanol–water partition coefficient (Wildman–Crippen LogP) is 5.26. The molecule has 0 spiro atoms. The van der Waals surface area contributed by atoms with Crippen LogP contribution in [0.3, 0.4) is 0 Å². The molecule has 1 atom stereocenters. The number of rotatable bonds is 8. The second-order valence-electron chi connectivity index (χ2n) is 7.49. The number of para-hydroxylation sites is 1. The number of nitrogens with zero attached hydrogens (tertiary/aromatic N) is 1. The molecule has 2 aromatic carbocycles. The maximum Gasteiger partial charge on any atom is 0.338 e. The number of aryl methyl sites for hydroxylation is 1. The van der Waals surface area contributed by atoms with Gasteiger partial charge in [-0.25, -0.2) is 9.79 Å². The summed E-state index contributed by atoms with van der Waals surface area (Å²) < 4.78 is 11.1. The third-order valence-electron chi connectivity index (χ3n) is 5.02. The topological polar surface area (TPSA) is 89.0 Å². The lowest BCUT2D eigenvalue weighted by Crippen LogP contribution is -2.31. The van der Waals surface area contributed by atoms with Gasteiger partial charge in [0.1, 0.15) is 11.8 Å². The molecule has 9 heteroatoms. The van der Waals surface area contributed by atoms with Crippen LogP contribution in [0.25, 0.3) is 0 Å². The molecule has 0 radical (unpaired) electrons. The number of carbonyl (C=O) groups excluding carboxylic acids is 2. The van der Waals surface area contributed by atoms with E-state index >= 15 is 0 Å². The van der Waals surface area contributed by atoms with Gasteiger partial charge in [0.25, 0.3) is 0 Å². The summed E-state index contributed by atoms with van der Waals surface area (Å²) in [4.78, 5) is 30.1. The number of anilines is 1. The number of allylic oxidation sites excluding steroid dienone is 1. The van der Waals surface area contributed by atoms with Gasteiger partial charge in [-0.1, -0.05) is 47.6 Å². The lowest BCUT2D eigenvalue weighted by Gasteiger charge is -2.26. The molecule has 0 unspecified atom stereocenters. The molecule has 2 aromatic rings. The SMILES string of the molecule is CCOC(=O)C1=C(C)NC(SCC(=O)Nc2ccc(C)c(Cl)c2)=N[C@H]1c1ccccc1OCC. The van der Waals surface area contributed by atoms with Gasteiger partial charge in [0.15, 0.2) is 5.17 Å². The van der Waals surface area contributed by atoms with E-state index in [1.165, 1.54) is 11.8 Å². The Morgan fingerprint density at radius 2 is 1.91 bits per heavy atom. The number of amides is 1. The largest absolute Gasteiger partial charge is 0.494 e. The van der Waals surface area contributed by atoms with Crippen LogP contribution in [0, 0.1) is 6.92 Å². The number of hydrogen-bond acceptors (Lipinski definition) is 7. The van der Waals surface area contributed by atoms with Crippen molar-refractivity contribution >= 4 is 46.1 Å². The molecule has 180 valence electrons. The van der Waals surface area contributed by atoms with Crippen molar-refractivity contribution in [3.05, 3.63) is 69.9 Å². The normalized spacial score (nSPS) is 15.3. The highest BCUT2D eigenvalue weighted by atomic mass is 35.5. The van der Waals surface area contributed by atoms with Crippen LogP contribution in [-0.4, -0.2) is 36.0 Å². The third-order valence-corrected chi connectivity index (χ3v) is 6.32. The minimum Gasteiger partial charge on any atom is -0.494 e. The first-order valence-electron chi connectivity index (χ1n) is 11.0. The average molecular weight is 502 g/mol. The average Bonchev–Trinajstić information content (AvgIpc) is 2.80. The summed E-state index contributed by atoms with van der Waals surface area (Å²) in [5.74, 6) is 0.136. The van der Waals surface area contributed by atoms with Crippen LogP contribution in [0.15, 0.2) is 58.7 Å². The lowest BCUT2D eigenvalue weighted by molar-refractivity contribution is -0.139. The minimum absolute atomic E-state index is 0.124. The molecule has 0 aromatic heterocycles. The van der Waals surface area contributed by atoms with Crippen molar-refractivity contribution < 1.29 is 19.1 Å². The van der Waals surface area contributed by atoms with Crippen LogP contribution in [0.5, 0.6) is 5.75 Å². The van der Waals surface area contributed by atoms with Crippen molar-refractivity contribution in [1.29, 1.82) is 0 Å². The number of halogens is 1. The maximum atomic E-state index is 12.8. The van der Waals surface area contributed by atoms with E-state index < -0.39 is 12.0 Å². The highest BCUT2D eigenvalue weighted by molar-refractivity contribution is 8.14. The highest BCUT2D eigenvalue weighted by Crippen LogP contribution is 2.37. The molecule has 1 heterocycles. The van der Waals surface area contributed by atoms with Gasteiger partial charge in [-0.3, -0.25) is 4.79 Å². The Morgan fingerprint density at radius 1 is 1.15 bits per heavy atom. The van der Waals surface area contributed by atoms with Gasteiger partial charge in [-0.15, -0.1) is 0 Å². The Kier molecular flexibility index (Phi) is 9.01. The summed E-state index contributed by atoms with van der Waals surface area (Å²) >= 11 is 7.39. The second kappa shape index (κ2) is 11.9. The molecule has 0 aliphatic carbocycles. The summed E-state index contributed by atoms with van der Waals surface area (Å²) in [6.45, 7) is 8.09. The summed E-state index contributed by atoms with van der Waals surface area (Å²) in [5.41, 5.74) is 3.36. The molecule has 1 aliphatic rings. The van der Waals surface area contributed by atoms with Crippen molar-refractivity contribution in [3.63, 3.8) is 0 Å². The number of aliphatic imine (C=N–C) groups is 1. The summed E-state index contributed by atoms with van der Waals surface area (Å²) in [5, 5.41) is 7.10. The summed E-state index contributed by atoms with van der Waals surface area (Å²) in [7, 11) is 0. The molecular weight excluding hydrogens is 474 g/mol. The predicted molar refractivity (Wildman–Crippen MR) is 138 cm³/mol. The van der Waals surface area contributed by atoms with E-state index in [1.54, 1.807) is 26.0 Å². The summed E-state index contributed by atoms with van der Waals surface area (Å²) in [6, 6.07) is 12.2. The Bertz CT molecular complexity index is 1130. The molecule has 0 bridgehead atoms. The zero-order valence-corrected chi connectivity index (χ0v) is 21.2. The number of thioether (sulfide) groups is 1. The van der Waals surface area contributed by atoms with Crippen molar-refractivity contribution in [2.45, 2.75) is 33.7 Å². The van der Waals surface area contributed by atoms with Crippen molar-refractivity contribution in [2.75, 3.05) is 24.3 Å². The van der Waals surface area contributed by atoms with Gasteiger partial charge < -0.3 is 20.1 Å². The molecule has 1 amide bonds. The Labute approximate surface area is 209 Å². The zero-order valence-electron chi connectivity index (χ0n) is 19.6. The molecule has 0 saturated heterocycles. The van der Waals surface area contributed by atoms with Crippen molar-refractivity contribution in [2.24, 2.45) is 4.99 Å². The van der Waals surface area contributed by atoms with Gasteiger partial charge in [-0.05, 0) is 51.5 Å². The van der Waals surface area contributed by atoms with E-state index in [9.17, 15) is 9.59 Å². The van der Waals surface area contributed by atoms with E-state index in [1.807, 2.05) is 44.2 Å². The number of carbonyl (C=O) groups is 2. The third kappa shape index (κ3) is 6.33. The van der Waals surface area contributed by atoms with Crippen molar-refractivity contribution in [3.8, 4) is 5.75 Å². The Morgan fingerprint density at radius 3 is 2.62 bits per heavy atom. The lowest BCUT2D eigenvalue weighted by atomic mass is 9.96. The van der Waals surface area contributed by atoms with Gasteiger partial charge >= 0.3 is 5.97 Å². The van der Waals surface area contributed by atoms with Gasteiger partial charge in [0.2, 0.25) is 5.91 Å². The Hall–Kier alpha value is -2.97. The van der Waals surface area contributed by atoms with Crippen molar-refractivity contribution in [1.82, 2.24) is 5.32 Å². The number of nitrogens with one attached hydrogen (secondary N) is 2. The number of benzene rings is 2. The maximum absolute atomic E-state index is 12.8. The van der Waals surface area contributed by atoms with Crippen LogP contribution >= 0.6 is 23.4 Å². The van der Waals surface area contributed by atoms with E-state index in [2.05, 4.69) is 10.6 Å². The molecule has 3 rings (SSSR count). The summed E-state index contributed by atoms with van der Waals surface area (Å²) in [6.07, 6.45) is 0. The first-order valence-corrected chi connectivity index (χ1v) is 12.3. The highest BCUT2D eigenvalue weighted by Gasteiger charge is 2.32. The smallest absolute Gasteiger partial charge is 0.338 e. The van der Waals surface area contributed by atoms with Crippen LogP contribution < -0.4 is 15.4 Å². The van der Waals surface area contributed by atoms with Crippen LogP contribution in [-0.2, 0) is 14.3 Å². The monoisotopic (exact) mass is 501 g/mol. The molecular formula is C25H28ClN3O4S. The van der Waals surface area contributed by atoms with E-state index in [-0.39, 0.29) is 18.3 Å². The molecule has 1 aliphatic heterocycles.